The molecule has 0 bridgehead atoms. The molecule has 39 heavy (non-hydrogen) atoms. The van der Waals surface area contributed by atoms with Gasteiger partial charge in [0, 0.05) is 32.0 Å². The summed E-state index contributed by atoms with van der Waals surface area (Å²) in [7, 11) is -5.99. The highest BCUT2D eigenvalue weighted by molar-refractivity contribution is 7.93. The second-order valence-corrected chi connectivity index (χ2v) is 12.4. The molecule has 206 valence electrons. The van der Waals surface area contributed by atoms with Crippen LogP contribution in [-0.4, -0.2) is 56.9 Å². The molecule has 0 aliphatic rings. The van der Waals surface area contributed by atoms with E-state index >= 15 is 0 Å². The highest BCUT2D eigenvalue weighted by atomic mass is 32.2. The minimum Gasteiger partial charge on any atom is -0.384 e. The molecule has 2 aromatic carbocycles. The normalized spacial score (nSPS) is 11.5. The first-order chi connectivity index (χ1) is 18.2. The van der Waals surface area contributed by atoms with Crippen LogP contribution in [0.4, 0.5) is 11.4 Å². The zero-order valence-corrected chi connectivity index (χ0v) is 23.4. The summed E-state index contributed by atoms with van der Waals surface area (Å²) in [6, 6.07) is 11.4. The van der Waals surface area contributed by atoms with Crippen LogP contribution >= 0.6 is 0 Å². The highest BCUT2D eigenvalue weighted by Gasteiger charge is 2.30. The van der Waals surface area contributed by atoms with Crippen molar-refractivity contribution in [2.45, 2.75) is 23.6 Å². The van der Waals surface area contributed by atoms with Crippen molar-refractivity contribution in [1.29, 1.82) is 0 Å². The topological polar surface area (TPSA) is 155 Å². The fourth-order valence-corrected chi connectivity index (χ4v) is 6.03. The molecule has 3 rings (SSSR count). The average Bonchev–Trinajstić information content (AvgIpc) is 2.86. The van der Waals surface area contributed by atoms with E-state index in [2.05, 4.69) is 21.9 Å². The van der Waals surface area contributed by atoms with Crippen molar-refractivity contribution in [2.24, 2.45) is 7.05 Å². The summed E-state index contributed by atoms with van der Waals surface area (Å²) in [6.45, 7) is 2.22. The van der Waals surface area contributed by atoms with Crippen LogP contribution in [0.1, 0.15) is 16.7 Å². The van der Waals surface area contributed by atoms with Crippen molar-refractivity contribution in [3.63, 3.8) is 0 Å². The van der Waals surface area contributed by atoms with Crippen LogP contribution in [0, 0.1) is 25.7 Å². The number of aliphatic hydroxyl groups excluding tert-OH is 1. The molecule has 0 unspecified atom stereocenters. The fraction of sp³-hybridized carbons (Fsp3) is 0.231. The number of aliphatic hydroxyl groups is 1. The number of anilines is 2. The minimum absolute atomic E-state index is 0.0243. The van der Waals surface area contributed by atoms with E-state index < -0.39 is 44.0 Å². The van der Waals surface area contributed by atoms with Gasteiger partial charge in [0.2, 0.25) is 15.9 Å². The summed E-state index contributed by atoms with van der Waals surface area (Å²) < 4.78 is 58.1. The summed E-state index contributed by atoms with van der Waals surface area (Å²) >= 11 is 0. The van der Waals surface area contributed by atoms with Gasteiger partial charge in [-0.05, 0) is 49.7 Å². The van der Waals surface area contributed by atoms with Crippen molar-refractivity contribution < 1.29 is 26.7 Å². The summed E-state index contributed by atoms with van der Waals surface area (Å²) in [5.41, 5.74) is 0.815. The molecule has 3 aromatic rings. The standard InChI is InChI=1S/C26H28N4O7S2/c1-18-7-9-22(10-8-18)38(34,35)28-26-20(6-5-13-31)14-19(2)15-23(26)39(36,37)30(4)17-24(32)27-21-11-12-29(3)25(33)16-21/h7-12,14-16,28,31H,13,17H2,1-4H3,(H,27,32). The number of benzene rings is 2. The molecule has 1 aromatic heterocycles. The molecule has 0 atom stereocenters. The SMILES string of the molecule is Cc1ccc(S(=O)(=O)Nc2c(C#CCO)cc(C)cc2S(=O)(=O)N(C)CC(=O)Nc2ccn(C)c(=O)c2)cc1. The molecule has 0 aliphatic carbocycles. The number of rotatable bonds is 8. The molecule has 0 saturated heterocycles. The van der Waals surface area contributed by atoms with E-state index in [9.17, 15) is 31.5 Å². The number of carbonyl (C=O) groups is 1. The van der Waals surface area contributed by atoms with Crippen LogP contribution in [0.2, 0.25) is 0 Å². The van der Waals surface area contributed by atoms with E-state index in [4.69, 9.17) is 0 Å². The van der Waals surface area contributed by atoms with Gasteiger partial charge in [0.15, 0.2) is 0 Å². The van der Waals surface area contributed by atoms with E-state index in [0.717, 1.165) is 9.87 Å². The third kappa shape index (κ3) is 7.12. The van der Waals surface area contributed by atoms with Crippen LogP contribution < -0.4 is 15.6 Å². The Morgan fingerprint density at radius 1 is 1.03 bits per heavy atom. The second kappa shape index (κ2) is 11.8. The number of hydrogen-bond donors (Lipinski definition) is 3. The van der Waals surface area contributed by atoms with Crippen molar-refractivity contribution >= 4 is 37.3 Å². The molecular formula is C26H28N4O7S2. The number of aromatic nitrogens is 1. The van der Waals surface area contributed by atoms with E-state index in [1.165, 1.54) is 54.2 Å². The number of pyridine rings is 1. The summed E-state index contributed by atoms with van der Waals surface area (Å²) in [5, 5.41) is 11.7. The van der Waals surface area contributed by atoms with Crippen molar-refractivity contribution in [2.75, 3.05) is 30.2 Å². The molecule has 0 spiro atoms. The van der Waals surface area contributed by atoms with Gasteiger partial charge in [0.05, 0.1) is 22.7 Å². The van der Waals surface area contributed by atoms with Crippen LogP contribution in [0.3, 0.4) is 0 Å². The third-order valence-corrected chi connectivity index (χ3v) is 8.75. The van der Waals surface area contributed by atoms with Crippen LogP contribution in [0.5, 0.6) is 0 Å². The zero-order chi connectivity index (χ0) is 29.0. The molecule has 1 heterocycles. The molecule has 13 heteroatoms. The minimum atomic E-state index is -4.45. The van der Waals surface area contributed by atoms with Crippen molar-refractivity contribution in [1.82, 2.24) is 8.87 Å². The lowest BCUT2D eigenvalue weighted by atomic mass is 10.1. The van der Waals surface area contributed by atoms with Gasteiger partial charge in [-0.3, -0.25) is 14.3 Å². The van der Waals surface area contributed by atoms with Gasteiger partial charge in [-0.15, -0.1) is 0 Å². The first-order valence-corrected chi connectivity index (χ1v) is 14.4. The zero-order valence-electron chi connectivity index (χ0n) is 21.7. The largest absolute Gasteiger partial charge is 0.384 e. The second-order valence-electron chi connectivity index (χ2n) is 8.74. The number of sulfonamides is 2. The molecule has 0 fully saturated rings. The maximum absolute atomic E-state index is 13.6. The Morgan fingerprint density at radius 2 is 1.69 bits per heavy atom. The Morgan fingerprint density at radius 3 is 2.31 bits per heavy atom. The van der Waals surface area contributed by atoms with Crippen LogP contribution in [-0.2, 0) is 31.9 Å². The monoisotopic (exact) mass is 572 g/mol. The number of nitrogens with one attached hydrogen (secondary N) is 2. The van der Waals surface area contributed by atoms with Gasteiger partial charge in [0.25, 0.3) is 15.6 Å². The van der Waals surface area contributed by atoms with Crippen LogP contribution in [0.15, 0.2) is 69.3 Å². The van der Waals surface area contributed by atoms with Crippen LogP contribution in [0.25, 0.3) is 0 Å². The smallest absolute Gasteiger partial charge is 0.261 e. The Kier molecular flexibility index (Phi) is 8.98. The molecule has 11 nitrogen and oxygen atoms in total. The van der Waals surface area contributed by atoms with E-state index in [1.54, 1.807) is 33.0 Å². The third-order valence-electron chi connectivity index (χ3n) is 5.56. The Balaban J connectivity index is 2.02. The van der Waals surface area contributed by atoms with Gasteiger partial charge in [-0.25, -0.2) is 16.8 Å². The Hall–Kier alpha value is -3.96. The first kappa shape index (κ1) is 29.6. The number of nitrogens with zero attached hydrogens (tertiary/aromatic N) is 2. The van der Waals surface area contributed by atoms with Crippen molar-refractivity contribution in [3.8, 4) is 11.8 Å². The number of likely N-dealkylation sites (N-methyl/N-ethyl adjacent to an activating group) is 1. The predicted octanol–water partition coefficient (Wildman–Crippen LogP) is 1.41. The lowest BCUT2D eigenvalue weighted by molar-refractivity contribution is -0.116. The van der Waals surface area contributed by atoms with Gasteiger partial charge < -0.3 is 15.0 Å². The number of hydrogen-bond acceptors (Lipinski definition) is 7. The molecule has 1 amide bonds. The van der Waals surface area contributed by atoms with Gasteiger partial charge in [0.1, 0.15) is 11.5 Å². The van der Waals surface area contributed by atoms with E-state index in [0.29, 0.717) is 5.56 Å². The quantitative estimate of drug-likeness (QED) is 0.345. The highest BCUT2D eigenvalue weighted by Crippen LogP contribution is 2.31. The summed E-state index contributed by atoms with van der Waals surface area (Å²) in [4.78, 5) is 23.9. The molecule has 0 aliphatic heterocycles. The average molecular weight is 573 g/mol. The Labute approximate surface area is 227 Å². The summed E-state index contributed by atoms with van der Waals surface area (Å²) in [6.07, 6.45) is 1.45. The van der Waals surface area contributed by atoms with E-state index in [-0.39, 0.29) is 27.4 Å². The number of carbonyl (C=O) groups excluding carboxylic acids is 1. The van der Waals surface area contributed by atoms with E-state index in [1.807, 2.05) is 0 Å². The molecule has 0 radical (unpaired) electrons. The lowest BCUT2D eigenvalue weighted by Gasteiger charge is -2.21. The predicted molar refractivity (Wildman–Crippen MR) is 147 cm³/mol. The molecule has 0 saturated carbocycles. The van der Waals surface area contributed by atoms with Crippen molar-refractivity contribution in [3.05, 3.63) is 81.8 Å². The number of aryl methyl sites for hydroxylation is 3. The molecule has 3 N–H and O–H groups in total. The number of amides is 1. The fourth-order valence-electron chi connectivity index (χ4n) is 3.49. The van der Waals surface area contributed by atoms with Gasteiger partial charge in [-0.1, -0.05) is 29.5 Å². The molecular weight excluding hydrogens is 544 g/mol. The maximum atomic E-state index is 13.6. The Bertz CT molecular complexity index is 1740. The first-order valence-electron chi connectivity index (χ1n) is 11.5. The lowest BCUT2D eigenvalue weighted by Crippen LogP contribution is -2.35. The summed E-state index contributed by atoms with van der Waals surface area (Å²) in [5.74, 6) is 4.29. The maximum Gasteiger partial charge on any atom is 0.261 e. The van der Waals surface area contributed by atoms with Gasteiger partial charge >= 0.3 is 0 Å². The van der Waals surface area contributed by atoms with Gasteiger partial charge in [-0.2, -0.15) is 4.31 Å².